The second kappa shape index (κ2) is 7.13. The zero-order valence-corrected chi connectivity index (χ0v) is 12.1. The van der Waals surface area contributed by atoms with E-state index in [0.717, 1.165) is 7.11 Å². The highest BCUT2D eigenvalue weighted by atomic mass is 28.4. The maximum absolute atomic E-state index is 13.3. The highest BCUT2D eigenvalue weighted by molar-refractivity contribution is 6.57. The molecule has 0 aliphatic carbocycles. The van der Waals surface area contributed by atoms with Crippen LogP contribution in [0.3, 0.4) is 0 Å². The van der Waals surface area contributed by atoms with Crippen molar-refractivity contribution in [2.45, 2.75) is 12.5 Å². The molecule has 5 nitrogen and oxygen atoms in total. The summed E-state index contributed by atoms with van der Waals surface area (Å²) in [5, 5.41) is 0. The minimum absolute atomic E-state index is 0.145. The van der Waals surface area contributed by atoms with Crippen molar-refractivity contribution in [1.29, 1.82) is 0 Å². The van der Waals surface area contributed by atoms with E-state index < -0.39 is 56.0 Å². The predicted octanol–water partition coefficient (Wildman–Crippen LogP) is 1.50. The SMILES string of the molecule is CO[Si](O)(O)CCCOC(=O)c1c(F)c(F)c(F)c(F)c1F. The van der Waals surface area contributed by atoms with Crippen LogP contribution in [-0.2, 0) is 9.16 Å². The number of esters is 1. The number of rotatable bonds is 6. The van der Waals surface area contributed by atoms with Gasteiger partial charge in [0.15, 0.2) is 23.3 Å². The normalized spacial score (nSPS) is 11.6. The molecule has 0 saturated heterocycles. The van der Waals surface area contributed by atoms with Crippen molar-refractivity contribution in [2.75, 3.05) is 13.7 Å². The summed E-state index contributed by atoms with van der Waals surface area (Å²) in [5.74, 6) is -13.3. The lowest BCUT2D eigenvalue weighted by molar-refractivity contribution is 0.0483. The number of hydrogen-bond acceptors (Lipinski definition) is 5. The molecule has 0 amide bonds. The highest BCUT2D eigenvalue weighted by Crippen LogP contribution is 2.23. The van der Waals surface area contributed by atoms with E-state index in [1.807, 2.05) is 0 Å². The van der Waals surface area contributed by atoms with Gasteiger partial charge in [0.2, 0.25) is 5.82 Å². The third-order valence-corrected chi connectivity index (χ3v) is 4.28. The fourth-order valence-corrected chi connectivity index (χ4v) is 2.23. The van der Waals surface area contributed by atoms with Crippen molar-refractivity contribution >= 4 is 14.8 Å². The molecule has 1 rings (SSSR count). The molecule has 11 heteroatoms. The topological polar surface area (TPSA) is 76.0 Å². The van der Waals surface area contributed by atoms with Gasteiger partial charge in [0.25, 0.3) is 0 Å². The van der Waals surface area contributed by atoms with Gasteiger partial charge in [-0.25, -0.2) is 26.7 Å². The zero-order chi connectivity index (χ0) is 17.1. The number of ether oxygens (including phenoxy) is 1. The van der Waals surface area contributed by atoms with Crippen molar-refractivity contribution in [2.24, 2.45) is 0 Å². The molecule has 0 aromatic heterocycles. The van der Waals surface area contributed by atoms with Crippen LogP contribution in [0.4, 0.5) is 22.0 Å². The average molecular weight is 346 g/mol. The first-order chi connectivity index (χ1) is 10.1. The van der Waals surface area contributed by atoms with E-state index in [-0.39, 0.29) is 12.5 Å². The molecule has 0 fully saturated rings. The molecule has 0 saturated carbocycles. The monoisotopic (exact) mass is 346 g/mol. The first-order valence-electron chi connectivity index (χ1n) is 5.80. The summed E-state index contributed by atoms with van der Waals surface area (Å²) in [4.78, 5) is 29.7. The molecule has 0 heterocycles. The lowest BCUT2D eigenvalue weighted by Gasteiger charge is -2.14. The van der Waals surface area contributed by atoms with E-state index in [0.29, 0.717) is 0 Å². The van der Waals surface area contributed by atoms with Crippen LogP contribution in [0.2, 0.25) is 6.04 Å². The van der Waals surface area contributed by atoms with Crippen LogP contribution >= 0.6 is 0 Å². The number of halogens is 5. The van der Waals surface area contributed by atoms with Crippen LogP contribution in [0.5, 0.6) is 0 Å². The summed E-state index contributed by atoms with van der Waals surface area (Å²) in [5.41, 5.74) is -1.71. The lowest BCUT2D eigenvalue weighted by Crippen LogP contribution is -2.37. The van der Waals surface area contributed by atoms with Gasteiger partial charge in [0.05, 0.1) is 6.61 Å². The smallest absolute Gasteiger partial charge is 0.462 e. The van der Waals surface area contributed by atoms with Gasteiger partial charge in [-0.1, -0.05) is 0 Å². The standard InChI is InChI=1S/C11H11F5O5Si/c1-20-22(18,19)4-2-3-21-11(17)5-6(12)8(14)10(16)9(15)7(5)13/h18-19H,2-4H2,1H3. The van der Waals surface area contributed by atoms with Crippen LogP contribution < -0.4 is 0 Å². The number of hydrogen-bond donors (Lipinski definition) is 2. The lowest BCUT2D eigenvalue weighted by atomic mass is 10.1. The molecule has 0 aliphatic rings. The van der Waals surface area contributed by atoms with E-state index in [1.54, 1.807) is 0 Å². The molecule has 0 atom stereocenters. The largest absolute Gasteiger partial charge is 0.495 e. The molecule has 0 aliphatic heterocycles. The Hall–Kier alpha value is -1.56. The van der Waals surface area contributed by atoms with Gasteiger partial charge in [0, 0.05) is 13.2 Å². The number of carbonyl (C=O) groups excluding carboxylic acids is 1. The van der Waals surface area contributed by atoms with Crippen LogP contribution in [0.1, 0.15) is 16.8 Å². The minimum Gasteiger partial charge on any atom is -0.462 e. The maximum Gasteiger partial charge on any atom is 0.495 e. The Morgan fingerprint density at radius 3 is 1.91 bits per heavy atom. The van der Waals surface area contributed by atoms with Crippen molar-refractivity contribution in [3.05, 3.63) is 34.6 Å². The Bertz CT molecular complexity index is 551. The summed E-state index contributed by atoms with van der Waals surface area (Å²) >= 11 is 0. The minimum atomic E-state index is -3.88. The summed E-state index contributed by atoms with van der Waals surface area (Å²) in [6.07, 6.45) is -0.145. The zero-order valence-electron chi connectivity index (χ0n) is 11.1. The fraction of sp³-hybridized carbons (Fsp3) is 0.364. The quantitative estimate of drug-likeness (QED) is 0.204. The van der Waals surface area contributed by atoms with Crippen LogP contribution in [0, 0.1) is 29.1 Å². The Morgan fingerprint density at radius 1 is 1.00 bits per heavy atom. The summed E-state index contributed by atoms with van der Waals surface area (Å²) in [7, 11) is -2.84. The molecule has 0 spiro atoms. The van der Waals surface area contributed by atoms with Gasteiger partial charge >= 0.3 is 14.8 Å². The molecule has 0 radical (unpaired) electrons. The van der Waals surface area contributed by atoms with E-state index in [2.05, 4.69) is 9.16 Å². The Labute approximate surface area is 122 Å². The highest BCUT2D eigenvalue weighted by Gasteiger charge is 2.32. The third kappa shape index (κ3) is 4.00. The number of benzene rings is 1. The summed E-state index contributed by atoms with van der Waals surface area (Å²) in [6, 6.07) is -0.284. The molecular formula is C11H11F5O5Si. The van der Waals surface area contributed by atoms with Gasteiger partial charge in [-0.15, -0.1) is 0 Å². The van der Waals surface area contributed by atoms with Crippen LogP contribution in [0.15, 0.2) is 0 Å². The van der Waals surface area contributed by atoms with E-state index in [9.17, 15) is 26.7 Å². The summed E-state index contributed by atoms with van der Waals surface area (Å²) < 4.78 is 73.9. The third-order valence-electron chi connectivity index (χ3n) is 2.62. The van der Waals surface area contributed by atoms with Gasteiger partial charge < -0.3 is 18.8 Å². The van der Waals surface area contributed by atoms with Gasteiger partial charge in [0.1, 0.15) is 5.56 Å². The van der Waals surface area contributed by atoms with Gasteiger partial charge in [-0.3, -0.25) is 0 Å². The molecule has 0 unspecified atom stereocenters. The van der Waals surface area contributed by atoms with Crippen molar-refractivity contribution < 1.29 is 45.5 Å². The molecule has 1 aromatic carbocycles. The molecule has 124 valence electrons. The van der Waals surface area contributed by atoms with Crippen molar-refractivity contribution in [3.8, 4) is 0 Å². The van der Waals surface area contributed by atoms with Gasteiger partial charge in [-0.2, -0.15) is 0 Å². The molecule has 22 heavy (non-hydrogen) atoms. The molecule has 0 bridgehead atoms. The van der Waals surface area contributed by atoms with E-state index in [4.69, 9.17) is 9.59 Å². The molecular weight excluding hydrogens is 335 g/mol. The van der Waals surface area contributed by atoms with Crippen LogP contribution in [0.25, 0.3) is 0 Å². The molecule has 1 aromatic rings. The Kier molecular flexibility index (Phi) is 5.99. The van der Waals surface area contributed by atoms with Crippen molar-refractivity contribution in [1.82, 2.24) is 0 Å². The second-order valence-electron chi connectivity index (χ2n) is 4.13. The number of carbonyl (C=O) groups is 1. The van der Waals surface area contributed by atoms with Crippen LogP contribution in [-0.4, -0.2) is 38.1 Å². The van der Waals surface area contributed by atoms with E-state index >= 15 is 0 Å². The summed E-state index contributed by atoms with van der Waals surface area (Å²) in [6.45, 7) is -0.530. The average Bonchev–Trinajstić information content (AvgIpc) is 2.48. The maximum atomic E-state index is 13.3. The fourth-order valence-electron chi connectivity index (χ4n) is 1.43. The first-order valence-corrected chi connectivity index (χ1v) is 7.81. The van der Waals surface area contributed by atoms with Gasteiger partial charge in [-0.05, 0) is 6.42 Å². The molecule has 2 N–H and O–H groups in total. The Morgan fingerprint density at radius 2 is 1.45 bits per heavy atom. The van der Waals surface area contributed by atoms with Crippen molar-refractivity contribution in [3.63, 3.8) is 0 Å². The predicted molar refractivity (Wildman–Crippen MR) is 63.1 cm³/mol. The van der Waals surface area contributed by atoms with E-state index in [1.165, 1.54) is 0 Å². The second-order valence-corrected chi connectivity index (χ2v) is 6.53. The first kappa shape index (κ1) is 18.5. The Balaban J connectivity index is 2.79.